The number of rotatable bonds is 3. The summed E-state index contributed by atoms with van der Waals surface area (Å²) in [6.07, 6.45) is 0. The van der Waals surface area contributed by atoms with Crippen LogP contribution in [0.3, 0.4) is 0 Å². The SMILES string of the molecule is Cc1ccccc1S(=O)(=O)NC(=NC(C)(C)C)c1ccccc1. The maximum Gasteiger partial charge on any atom is 0.263 e. The standard InChI is InChI=1S/C18H22N2O2S/c1-14-10-8-9-13-16(14)23(21,22)20-17(19-18(2,3)4)15-11-6-5-7-12-15/h5-13H,1-4H3,(H,19,20). The normalized spacial score (nSPS) is 13.0. The van der Waals surface area contributed by atoms with Crippen LogP contribution >= 0.6 is 0 Å². The van der Waals surface area contributed by atoms with Gasteiger partial charge in [-0.2, -0.15) is 0 Å². The van der Waals surface area contributed by atoms with E-state index in [9.17, 15) is 8.42 Å². The van der Waals surface area contributed by atoms with E-state index in [1.54, 1.807) is 25.1 Å². The zero-order valence-corrected chi connectivity index (χ0v) is 14.7. The molecule has 0 unspecified atom stereocenters. The summed E-state index contributed by atoms with van der Waals surface area (Å²) in [5.74, 6) is 0.348. The van der Waals surface area contributed by atoms with E-state index in [1.807, 2.05) is 57.2 Å². The smallest absolute Gasteiger partial charge is 0.263 e. The molecule has 23 heavy (non-hydrogen) atoms. The summed E-state index contributed by atoms with van der Waals surface area (Å²) in [4.78, 5) is 4.81. The first kappa shape index (κ1) is 17.2. The summed E-state index contributed by atoms with van der Waals surface area (Å²) >= 11 is 0. The van der Waals surface area contributed by atoms with Crippen molar-refractivity contribution in [3.63, 3.8) is 0 Å². The Bertz CT molecular complexity index is 804. The first-order valence-electron chi connectivity index (χ1n) is 7.43. The van der Waals surface area contributed by atoms with Crippen molar-refractivity contribution in [1.29, 1.82) is 0 Å². The highest BCUT2D eigenvalue weighted by atomic mass is 32.2. The van der Waals surface area contributed by atoms with Crippen LogP contribution in [0, 0.1) is 6.92 Å². The topological polar surface area (TPSA) is 58.5 Å². The summed E-state index contributed by atoms with van der Waals surface area (Å²) in [6.45, 7) is 7.56. The number of benzene rings is 2. The van der Waals surface area contributed by atoms with Gasteiger partial charge < -0.3 is 0 Å². The lowest BCUT2D eigenvalue weighted by atomic mass is 10.1. The van der Waals surface area contributed by atoms with Gasteiger partial charge in [0, 0.05) is 5.56 Å². The minimum absolute atomic E-state index is 0.262. The van der Waals surface area contributed by atoms with E-state index in [4.69, 9.17) is 0 Å². The van der Waals surface area contributed by atoms with Gasteiger partial charge in [-0.3, -0.25) is 9.71 Å². The Kier molecular flexibility index (Phi) is 4.90. The molecule has 0 aliphatic carbocycles. The van der Waals surface area contributed by atoms with Crippen LogP contribution in [-0.4, -0.2) is 19.8 Å². The Morgan fingerprint density at radius 3 is 2.09 bits per heavy atom. The van der Waals surface area contributed by atoms with E-state index in [2.05, 4.69) is 9.71 Å². The summed E-state index contributed by atoms with van der Waals surface area (Å²) in [6, 6.07) is 16.2. The van der Waals surface area contributed by atoms with Crippen molar-refractivity contribution < 1.29 is 8.42 Å². The number of amidine groups is 1. The Morgan fingerprint density at radius 2 is 1.52 bits per heavy atom. The summed E-state index contributed by atoms with van der Waals surface area (Å²) in [5.41, 5.74) is 1.03. The fraction of sp³-hybridized carbons (Fsp3) is 0.278. The van der Waals surface area contributed by atoms with E-state index in [-0.39, 0.29) is 4.90 Å². The highest BCUT2D eigenvalue weighted by molar-refractivity contribution is 7.90. The predicted molar refractivity (Wildman–Crippen MR) is 94.2 cm³/mol. The zero-order chi connectivity index (χ0) is 17.1. The lowest BCUT2D eigenvalue weighted by molar-refractivity contribution is 0.578. The number of sulfonamides is 1. The van der Waals surface area contributed by atoms with E-state index in [0.29, 0.717) is 11.4 Å². The first-order chi connectivity index (χ1) is 10.7. The van der Waals surface area contributed by atoms with Crippen LogP contribution in [-0.2, 0) is 10.0 Å². The van der Waals surface area contributed by atoms with Crippen molar-refractivity contribution in [2.45, 2.75) is 38.1 Å². The van der Waals surface area contributed by atoms with Crippen LogP contribution in [0.4, 0.5) is 0 Å². The molecule has 0 atom stereocenters. The van der Waals surface area contributed by atoms with Gasteiger partial charge in [0.05, 0.1) is 10.4 Å². The zero-order valence-electron chi connectivity index (χ0n) is 13.9. The van der Waals surface area contributed by atoms with Crippen molar-refractivity contribution in [3.8, 4) is 0 Å². The van der Waals surface area contributed by atoms with E-state index < -0.39 is 15.6 Å². The molecule has 1 N–H and O–H groups in total. The van der Waals surface area contributed by atoms with Crippen molar-refractivity contribution in [3.05, 3.63) is 65.7 Å². The van der Waals surface area contributed by atoms with Crippen molar-refractivity contribution in [1.82, 2.24) is 4.72 Å². The Morgan fingerprint density at radius 1 is 0.957 bits per heavy atom. The Hall–Kier alpha value is -2.14. The number of aryl methyl sites for hydroxylation is 1. The monoisotopic (exact) mass is 330 g/mol. The molecule has 0 heterocycles. The van der Waals surface area contributed by atoms with Crippen molar-refractivity contribution in [2.24, 2.45) is 4.99 Å². The third-order valence-corrected chi connectivity index (χ3v) is 4.61. The van der Waals surface area contributed by atoms with Crippen molar-refractivity contribution >= 4 is 15.9 Å². The van der Waals surface area contributed by atoms with Gasteiger partial charge in [-0.25, -0.2) is 8.42 Å². The molecule has 122 valence electrons. The molecule has 4 nitrogen and oxygen atoms in total. The van der Waals surface area contributed by atoms with Gasteiger partial charge in [-0.1, -0.05) is 48.5 Å². The van der Waals surface area contributed by atoms with Gasteiger partial charge >= 0.3 is 0 Å². The van der Waals surface area contributed by atoms with Gasteiger partial charge in [0.2, 0.25) is 0 Å². The quantitative estimate of drug-likeness (QED) is 0.691. The van der Waals surface area contributed by atoms with E-state index in [0.717, 1.165) is 5.56 Å². The van der Waals surface area contributed by atoms with Gasteiger partial charge in [-0.15, -0.1) is 0 Å². The van der Waals surface area contributed by atoms with Gasteiger partial charge in [0.1, 0.15) is 5.84 Å². The lowest BCUT2D eigenvalue weighted by Crippen LogP contribution is -2.34. The fourth-order valence-electron chi connectivity index (χ4n) is 2.12. The van der Waals surface area contributed by atoms with Gasteiger partial charge in [-0.05, 0) is 39.3 Å². The molecule has 0 aromatic heterocycles. The molecular formula is C18H22N2O2S. The van der Waals surface area contributed by atoms with Crippen LogP contribution in [0.1, 0.15) is 31.9 Å². The summed E-state index contributed by atoms with van der Waals surface area (Å²) in [5, 5.41) is 0. The van der Waals surface area contributed by atoms with Gasteiger partial charge in [0.25, 0.3) is 10.0 Å². The minimum Gasteiger partial charge on any atom is -0.263 e. The second-order valence-electron chi connectivity index (χ2n) is 6.37. The van der Waals surface area contributed by atoms with Crippen LogP contribution in [0.2, 0.25) is 0 Å². The fourth-order valence-corrected chi connectivity index (χ4v) is 3.40. The maximum atomic E-state index is 12.7. The Balaban J connectivity index is 2.47. The first-order valence-corrected chi connectivity index (χ1v) is 8.91. The predicted octanol–water partition coefficient (Wildman–Crippen LogP) is 3.52. The molecular weight excluding hydrogens is 308 g/mol. The average Bonchev–Trinajstić information content (AvgIpc) is 2.46. The number of nitrogens with zero attached hydrogens (tertiary/aromatic N) is 1. The molecule has 2 aromatic carbocycles. The molecule has 0 spiro atoms. The molecule has 0 bridgehead atoms. The molecule has 5 heteroatoms. The highest BCUT2D eigenvalue weighted by Gasteiger charge is 2.21. The molecule has 0 amide bonds. The summed E-state index contributed by atoms with van der Waals surface area (Å²) in [7, 11) is -3.69. The molecule has 0 radical (unpaired) electrons. The molecule has 2 aromatic rings. The third kappa shape index (κ3) is 4.66. The average molecular weight is 330 g/mol. The van der Waals surface area contributed by atoms with Gasteiger partial charge in [0.15, 0.2) is 0 Å². The van der Waals surface area contributed by atoms with Crippen LogP contribution in [0.25, 0.3) is 0 Å². The number of nitrogens with one attached hydrogen (secondary N) is 1. The number of hydrogen-bond donors (Lipinski definition) is 1. The molecule has 2 rings (SSSR count). The Labute approximate surface area is 138 Å². The number of hydrogen-bond acceptors (Lipinski definition) is 3. The van der Waals surface area contributed by atoms with Crippen molar-refractivity contribution in [2.75, 3.05) is 0 Å². The van der Waals surface area contributed by atoms with Crippen LogP contribution in [0.5, 0.6) is 0 Å². The molecule has 0 aliphatic rings. The minimum atomic E-state index is -3.69. The van der Waals surface area contributed by atoms with Crippen LogP contribution in [0.15, 0.2) is 64.5 Å². The number of aliphatic imine (C=N–C) groups is 1. The third-order valence-electron chi connectivity index (χ3n) is 3.11. The lowest BCUT2D eigenvalue weighted by Gasteiger charge is -2.18. The van der Waals surface area contributed by atoms with E-state index in [1.165, 1.54) is 0 Å². The molecule has 0 fully saturated rings. The molecule has 0 saturated carbocycles. The second-order valence-corrected chi connectivity index (χ2v) is 8.02. The second kappa shape index (κ2) is 6.54. The molecule has 0 aliphatic heterocycles. The highest BCUT2D eigenvalue weighted by Crippen LogP contribution is 2.16. The summed E-state index contributed by atoms with van der Waals surface area (Å²) < 4.78 is 28.1. The molecule has 0 saturated heterocycles. The van der Waals surface area contributed by atoms with E-state index >= 15 is 0 Å². The largest absolute Gasteiger partial charge is 0.263 e. The van der Waals surface area contributed by atoms with Crippen LogP contribution < -0.4 is 4.72 Å². The maximum absolute atomic E-state index is 12.7.